The minimum Gasteiger partial charge on any atom is -0.481 e. The van der Waals surface area contributed by atoms with Crippen molar-refractivity contribution in [2.75, 3.05) is 0 Å². The van der Waals surface area contributed by atoms with E-state index in [9.17, 15) is 9.59 Å². The SMILES string of the molecule is CCc1ccc(CCC(=O)NC2C=CC(C(=O)O)C2)cc1. The zero-order valence-electron chi connectivity index (χ0n) is 12.2. The summed E-state index contributed by atoms with van der Waals surface area (Å²) in [4.78, 5) is 22.7. The number of nitrogens with one attached hydrogen (secondary N) is 1. The molecule has 2 atom stereocenters. The molecule has 21 heavy (non-hydrogen) atoms. The number of hydrogen-bond donors (Lipinski definition) is 2. The Hall–Kier alpha value is -2.10. The van der Waals surface area contributed by atoms with Gasteiger partial charge in [0, 0.05) is 12.5 Å². The molecule has 4 nitrogen and oxygen atoms in total. The Labute approximate surface area is 124 Å². The highest BCUT2D eigenvalue weighted by atomic mass is 16.4. The zero-order chi connectivity index (χ0) is 15.2. The van der Waals surface area contributed by atoms with Crippen molar-refractivity contribution in [2.45, 2.75) is 38.6 Å². The first-order valence-electron chi connectivity index (χ1n) is 7.36. The maximum absolute atomic E-state index is 11.9. The minimum atomic E-state index is -0.834. The summed E-state index contributed by atoms with van der Waals surface area (Å²) < 4.78 is 0. The number of carboxylic acid groups (broad SMARTS) is 1. The largest absolute Gasteiger partial charge is 0.481 e. The molecule has 4 heteroatoms. The third kappa shape index (κ3) is 4.45. The van der Waals surface area contributed by atoms with E-state index in [4.69, 9.17) is 5.11 Å². The molecule has 1 aliphatic carbocycles. The lowest BCUT2D eigenvalue weighted by Gasteiger charge is -2.12. The lowest BCUT2D eigenvalue weighted by atomic mass is 10.1. The van der Waals surface area contributed by atoms with Crippen molar-refractivity contribution in [3.05, 3.63) is 47.5 Å². The summed E-state index contributed by atoms with van der Waals surface area (Å²) in [6, 6.07) is 8.14. The lowest BCUT2D eigenvalue weighted by Crippen LogP contribution is -2.33. The lowest BCUT2D eigenvalue weighted by molar-refractivity contribution is -0.140. The molecular weight excluding hydrogens is 266 g/mol. The van der Waals surface area contributed by atoms with Gasteiger partial charge in [-0.1, -0.05) is 43.3 Å². The van der Waals surface area contributed by atoms with Crippen LogP contribution in [0.4, 0.5) is 0 Å². The van der Waals surface area contributed by atoms with Crippen LogP contribution in [0.5, 0.6) is 0 Å². The van der Waals surface area contributed by atoms with Crippen molar-refractivity contribution >= 4 is 11.9 Å². The van der Waals surface area contributed by atoms with Crippen LogP contribution in [0.1, 0.15) is 30.9 Å². The van der Waals surface area contributed by atoms with Crippen LogP contribution in [0.3, 0.4) is 0 Å². The average molecular weight is 287 g/mol. The number of benzene rings is 1. The number of carbonyl (C=O) groups is 2. The highest BCUT2D eigenvalue weighted by molar-refractivity contribution is 5.78. The van der Waals surface area contributed by atoms with Gasteiger partial charge in [0.1, 0.15) is 0 Å². The fraction of sp³-hybridized carbons (Fsp3) is 0.412. The highest BCUT2D eigenvalue weighted by Gasteiger charge is 2.25. The first-order valence-corrected chi connectivity index (χ1v) is 7.36. The fourth-order valence-electron chi connectivity index (χ4n) is 2.47. The maximum Gasteiger partial charge on any atom is 0.310 e. The van der Waals surface area contributed by atoms with E-state index in [0.717, 1.165) is 12.0 Å². The maximum atomic E-state index is 11.9. The molecule has 0 fully saturated rings. The summed E-state index contributed by atoms with van der Waals surface area (Å²) in [7, 11) is 0. The molecule has 0 heterocycles. The Morgan fingerprint density at radius 2 is 1.86 bits per heavy atom. The molecule has 2 N–H and O–H groups in total. The van der Waals surface area contributed by atoms with Gasteiger partial charge in [-0.3, -0.25) is 9.59 Å². The summed E-state index contributed by atoms with van der Waals surface area (Å²) in [6.45, 7) is 2.11. The number of hydrogen-bond acceptors (Lipinski definition) is 2. The molecule has 0 bridgehead atoms. The van der Waals surface area contributed by atoms with Crippen LogP contribution in [-0.2, 0) is 22.4 Å². The first-order chi connectivity index (χ1) is 10.1. The number of carbonyl (C=O) groups excluding carboxylic acids is 1. The normalized spacial score (nSPS) is 20.4. The fourth-order valence-corrected chi connectivity index (χ4v) is 2.47. The summed E-state index contributed by atoms with van der Waals surface area (Å²) in [5.74, 6) is -1.34. The molecule has 1 aliphatic rings. The molecule has 0 saturated heterocycles. The average Bonchev–Trinajstić information content (AvgIpc) is 2.94. The second-order valence-electron chi connectivity index (χ2n) is 5.41. The molecule has 0 saturated carbocycles. The third-order valence-electron chi connectivity index (χ3n) is 3.82. The monoisotopic (exact) mass is 287 g/mol. The van der Waals surface area contributed by atoms with Gasteiger partial charge in [-0.05, 0) is 30.4 Å². The predicted molar refractivity (Wildman–Crippen MR) is 81.0 cm³/mol. The van der Waals surface area contributed by atoms with E-state index >= 15 is 0 Å². The standard InChI is InChI=1S/C17H21NO3/c1-2-12-3-5-13(6-4-12)7-10-16(19)18-15-9-8-14(11-15)17(20)21/h3-6,8-9,14-15H,2,7,10-11H2,1H3,(H,18,19)(H,20,21). The molecule has 1 aromatic carbocycles. The summed E-state index contributed by atoms with van der Waals surface area (Å²) in [5.41, 5.74) is 2.44. The molecule has 2 unspecified atom stereocenters. The Bertz CT molecular complexity index is 533. The Balaban J connectivity index is 1.75. The molecular formula is C17H21NO3. The van der Waals surface area contributed by atoms with Gasteiger partial charge in [0.25, 0.3) is 0 Å². The van der Waals surface area contributed by atoms with Crippen molar-refractivity contribution in [3.8, 4) is 0 Å². The third-order valence-corrected chi connectivity index (χ3v) is 3.82. The Kier molecular flexibility index (Phi) is 5.14. The van der Waals surface area contributed by atoms with Crippen molar-refractivity contribution in [1.82, 2.24) is 5.32 Å². The number of aliphatic carboxylic acids is 1. The molecule has 2 rings (SSSR count). The quantitative estimate of drug-likeness (QED) is 0.789. The Morgan fingerprint density at radius 1 is 1.19 bits per heavy atom. The van der Waals surface area contributed by atoms with E-state index in [2.05, 4.69) is 36.5 Å². The van der Waals surface area contributed by atoms with Gasteiger partial charge < -0.3 is 10.4 Å². The number of carboxylic acids is 1. The smallest absolute Gasteiger partial charge is 0.310 e. The number of rotatable bonds is 6. The van der Waals surface area contributed by atoms with Crippen LogP contribution in [0.25, 0.3) is 0 Å². The van der Waals surface area contributed by atoms with Gasteiger partial charge >= 0.3 is 5.97 Å². The minimum absolute atomic E-state index is 0.0322. The van der Waals surface area contributed by atoms with E-state index in [1.54, 1.807) is 12.2 Å². The van der Waals surface area contributed by atoms with Gasteiger partial charge in [-0.2, -0.15) is 0 Å². The van der Waals surface area contributed by atoms with Crippen molar-refractivity contribution < 1.29 is 14.7 Å². The molecule has 1 aromatic rings. The van der Waals surface area contributed by atoms with E-state index < -0.39 is 11.9 Å². The van der Waals surface area contributed by atoms with Crippen LogP contribution >= 0.6 is 0 Å². The van der Waals surface area contributed by atoms with Gasteiger partial charge in [0.15, 0.2) is 0 Å². The van der Waals surface area contributed by atoms with Crippen LogP contribution in [-0.4, -0.2) is 23.0 Å². The topological polar surface area (TPSA) is 66.4 Å². The summed E-state index contributed by atoms with van der Waals surface area (Å²) in [6.07, 6.45) is 6.01. The van der Waals surface area contributed by atoms with Crippen LogP contribution in [0.2, 0.25) is 0 Å². The molecule has 1 amide bonds. The first kappa shape index (κ1) is 15.3. The van der Waals surface area contributed by atoms with Crippen LogP contribution in [0.15, 0.2) is 36.4 Å². The number of amides is 1. The molecule has 0 aliphatic heterocycles. The van der Waals surface area contributed by atoms with E-state index in [1.807, 2.05) is 0 Å². The second kappa shape index (κ2) is 7.07. The predicted octanol–water partition coefficient (Wildman–Crippen LogP) is 2.33. The number of aryl methyl sites for hydroxylation is 2. The molecule has 0 radical (unpaired) electrons. The van der Waals surface area contributed by atoms with Crippen molar-refractivity contribution in [3.63, 3.8) is 0 Å². The van der Waals surface area contributed by atoms with E-state index in [1.165, 1.54) is 5.56 Å². The van der Waals surface area contributed by atoms with Gasteiger partial charge in [-0.15, -0.1) is 0 Å². The van der Waals surface area contributed by atoms with Gasteiger partial charge in [0.05, 0.1) is 5.92 Å². The molecule has 0 spiro atoms. The molecule has 0 aromatic heterocycles. The summed E-state index contributed by atoms with van der Waals surface area (Å²) in [5, 5.41) is 11.8. The summed E-state index contributed by atoms with van der Waals surface area (Å²) >= 11 is 0. The van der Waals surface area contributed by atoms with Crippen molar-refractivity contribution in [1.29, 1.82) is 0 Å². The Morgan fingerprint density at radius 3 is 2.43 bits per heavy atom. The van der Waals surface area contributed by atoms with Crippen molar-refractivity contribution in [2.24, 2.45) is 5.92 Å². The van der Waals surface area contributed by atoms with Gasteiger partial charge in [-0.25, -0.2) is 0 Å². The zero-order valence-corrected chi connectivity index (χ0v) is 12.2. The van der Waals surface area contributed by atoms with E-state index in [0.29, 0.717) is 19.3 Å². The highest BCUT2D eigenvalue weighted by Crippen LogP contribution is 2.18. The van der Waals surface area contributed by atoms with Crippen LogP contribution < -0.4 is 5.32 Å². The molecule has 112 valence electrons. The van der Waals surface area contributed by atoms with E-state index in [-0.39, 0.29) is 11.9 Å². The van der Waals surface area contributed by atoms with Gasteiger partial charge in [0.2, 0.25) is 5.91 Å². The second-order valence-corrected chi connectivity index (χ2v) is 5.41. The van der Waals surface area contributed by atoms with Crippen LogP contribution in [0, 0.1) is 5.92 Å².